The summed E-state index contributed by atoms with van der Waals surface area (Å²) in [6.07, 6.45) is 0. The summed E-state index contributed by atoms with van der Waals surface area (Å²) in [4.78, 5) is 21.0. The Kier molecular flexibility index (Phi) is 2.85. The monoisotopic (exact) mass is 246 g/mol. The molecule has 0 unspecified atom stereocenters. The maximum atomic E-state index is 11.9. The summed E-state index contributed by atoms with van der Waals surface area (Å²) in [6.45, 7) is 2.42. The Morgan fingerprint density at radius 3 is 2.89 bits per heavy atom. The molecule has 94 valence electrons. The molecule has 2 heterocycles. The summed E-state index contributed by atoms with van der Waals surface area (Å²) < 4.78 is 5.20. The van der Waals surface area contributed by atoms with Crippen LogP contribution in [0, 0.1) is 0 Å². The maximum absolute atomic E-state index is 11.9. The fraction of sp³-hybridized carbons (Fsp3) is 0.333. The second kappa shape index (κ2) is 4.66. The van der Waals surface area contributed by atoms with Crippen LogP contribution in [0.2, 0.25) is 0 Å². The molecule has 0 radical (unpaired) electrons. The van der Waals surface area contributed by atoms with E-state index >= 15 is 0 Å². The summed E-state index contributed by atoms with van der Waals surface area (Å²) in [5, 5.41) is 2.77. The Balaban J connectivity index is 1.73. The van der Waals surface area contributed by atoms with Crippen LogP contribution >= 0.6 is 0 Å². The SMILES string of the molecule is O=C(Nc1nc2ccccc2[nH]1)N1CCOCC1. The highest BCUT2D eigenvalue weighted by atomic mass is 16.5. The topological polar surface area (TPSA) is 70.2 Å². The first-order valence-electron chi connectivity index (χ1n) is 5.91. The number of ether oxygens (including phenoxy) is 1. The van der Waals surface area contributed by atoms with E-state index in [2.05, 4.69) is 15.3 Å². The first-order valence-corrected chi connectivity index (χ1v) is 5.91. The standard InChI is InChI=1S/C12H14N4O2/c17-12(16-5-7-18-8-6-16)15-11-13-9-3-1-2-4-10(9)14-11/h1-4H,5-8H2,(H2,13,14,15,17). The van der Waals surface area contributed by atoms with Gasteiger partial charge in [-0.2, -0.15) is 0 Å². The van der Waals surface area contributed by atoms with Crippen LogP contribution in [0.3, 0.4) is 0 Å². The van der Waals surface area contributed by atoms with Gasteiger partial charge >= 0.3 is 6.03 Å². The third-order valence-electron chi connectivity index (χ3n) is 2.91. The number of amides is 2. The highest BCUT2D eigenvalue weighted by Crippen LogP contribution is 2.13. The lowest BCUT2D eigenvalue weighted by Crippen LogP contribution is -2.43. The van der Waals surface area contributed by atoms with E-state index in [1.165, 1.54) is 0 Å². The number of rotatable bonds is 1. The summed E-state index contributed by atoms with van der Waals surface area (Å²) in [7, 11) is 0. The Hall–Kier alpha value is -2.08. The Bertz CT molecular complexity index is 527. The number of imidazole rings is 1. The molecule has 6 heteroatoms. The Labute approximate surface area is 104 Å². The molecular formula is C12H14N4O2. The molecule has 1 aromatic carbocycles. The molecule has 0 bridgehead atoms. The largest absolute Gasteiger partial charge is 0.378 e. The zero-order valence-electron chi connectivity index (χ0n) is 9.85. The number of fused-ring (bicyclic) bond motifs is 1. The summed E-state index contributed by atoms with van der Waals surface area (Å²) in [5.74, 6) is 0.479. The van der Waals surface area contributed by atoms with E-state index in [9.17, 15) is 4.79 Å². The van der Waals surface area contributed by atoms with Crippen molar-refractivity contribution in [3.05, 3.63) is 24.3 Å². The van der Waals surface area contributed by atoms with Gasteiger partial charge in [-0.1, -0.05) is 12.1 Å². The smallest absolute Gasteiger partial charge is 0.324 e. The second-order valence-corrected chi connectivity index (χ2v) is 4.13. The average molecular weight is 246 g/mol. The average Bonchev–Trinajstić information content (AvgIpc) is 2.82. The van der Waals surface area contributed by atoms with Crippen molar-refractivity contribution >= 4 is 23.0 Å². The number of morpholine rings is 1. The second-order valence-electron chi connectivity index (χ2n) is 4.13. The summed E-state index contributed by atoms with van der Waals surface area (Å²) in [5.41, 5.74) is 1.75. The van der Waals surface area contributed by atoms with Gasteiger partial charge in [-0.05, 0) is 12.1 Å². The number of nitrogens with zero attached hydrogens (tertiary/aromatic N) is 2. The van der Waals surface area contributed by atoms with Crippen LogP contribution in [0.25, 0.3) is 11.0 Å². The molecule has 3 rings (SSSR count). The van der Waals surface area contributed by atoms with Gasteiger partial charge in [-0.15, -0.1) is 0 Å². The van der Waals surface area contributed by atoms with Gasteiger partial charge in [0.05, 0.1) is 24.2 Å². The van der Waals surface area contributed by atoms with Crippen LogP contribution in [0.15, 0.2) is 24.3 Å². The number of benzene rings is 1. The van der Waals surface area contributed by atoms with Crippen molar-refractivity contribution in [2.24, 2.45) is 0 Å². The number of anilines is 1. The van der Waals surface area contributed by atoms with E-state index in [1.54, 1.807) is 4.90 Å². The number of carbonyl (C=O) groups excluding carboxylic acids is 1. The molecule has 0 saturated carbocycles. The lowest BCUT2D eigenvalue weighted by Gasteiger charge is -2.26. The Morgan fingerprint density at radius 2 is 2.11 bits per heavy atom. The highest BCUT2D eigenvalue weighted by molar-refractivity contribution is 5.89. The molecule has 1 aliphatic rings. The molecule has 1 saturated heterocycles. The molecule has 2 N–H and O–H groups in total. The van der Waals surface area contributed by atoms with E-state index in [1.807, 2.05) is 24.3 Å². The predicted molar refractivity (Wildman–Crippen MR) is 67.5 cm³/mol. The molecule has 0 atom stereocenters. The van der Waals surface area contributed by atoms with Crippen LogP contribution in [0.5, 0.6) is 0 Å². The van der Waals surface area contributed by atoms with Gasteiger partial charge in [0.15, 0.2) is 0 Å². The number of nitrogens with one attached hydrogen (secondary N) is 2. The van der Waals surface area contributed by atoms with Gasteiger partial charge in [0, 0.05) is 13.1 Å². The number of H-pyrrole nitrogens is 1. The van der Waals surface area contributed by atoms with Gasteiger partial charge in [0.25, 0.3) is 0 Å². The lowest BCUT2D eigenvalue weighted by atomic mass is 10.3. The van der Waals surface area contributed by atoms with Gasteiger partial charge in [-0.3, -0.25) is 5.32 Å². The van der Waals surface area contributed by atoms with Crippen molar-refractivity contribution in [1.82, 2.24) is 14.9 Å². The van der Waals surface area contributed by atoms with E-state index < -0.39 is 0 Å². The van der Waals surface area contributed by atoms with Gasteiger partial charge in [0.1, 0.15) is 0 Å². The van der Waals surface area contributed by atoms with Crippen molar-refractivity contribution < 1.29 is 9.53 Å². The van der Waals surface area contributed by atoms with E-state index in [4.69, 9.17) is 4.74 Å². The van der Waals surface area contributed by atoms with E-state index in [0.29, 0.717) is 32.3 Å². The van der Waals surface area contributed by atoms with Crippen LogP contribution in [0.1, 0.15) is 0 Å². The highest BCUT2D eigenvalue weighted by Gasteiger charge is 2.17. The van der Waals surface area contributed by atoms with Crippen molar-refractivity contribution in [2.45, 2.75) is 0 Å². The first kappa shape index (κ1) is 11.0. The van der Waals surface area contributed by atoms with Crippen LogP contribution < -0.4 is 5.32 Å². The molecule has 0 aliphatic carbocycles. The van der Waals surface area contributed by atoms with Gasteiger partial charge < -0.3 is 14.6 Å². The van der Waals surface area contributed by atoms with Crippen LogP contribution in [0.4, 0.5) is 10.7 Å². The predicted octanol–water partition coefficient (Wildman–Crippen LogP) is 1.43. The first-order chi connectivity index (χ1) is 8.83. The Morgan fingerprint density at radius 1 is 1.33 bits per heavy atom. The molecule has 1 aliphatic heterocycles. The van der Waals surface area contributed by atoms with Crippen molar-refractivity contribution in [3.63, 3.8) is 0 Å². The molecule has 1 aromatic heterocycles. The number of hydrogen-bond donors (Lipinski definition) is 2. The molecule has 1 fully saturated rings. The third kappa shape index (κ3) is 2.14. The number of aromatic nitrogens is 2. The molecule has 6 nitrogen and oxygen atoms in total. The quantitative estimate of drug-likeness (QED) is 0.799. The van der Waals surface area contributed by atoms with Crippen molar-refractivity contribution in [2.75, 3.05) is 31.6 Å². The van der Waals surface area contributed by atoms with Gasteiger partial charge in [-0.25, -0.2) is 9.78 Å². The van der Waals surface area contributed by atoms with Crippen LogP contribution in [-0.4, -0.2) is 47.2 Å². The minimum atomic E-state index is -0.141. The number of carbonyl (C=O) groups is 1. The zero-order chi connectivity index (χ0) is 12.4. The fourth-order valence-electron chi connectivity index (χ4n) is 1.96. The van der Waals surface area contributed by atoms with Crippen molar-refractivity contribution in [3.8, 4) is 0 Å². The van der Waals surface area contributed by atoms with Gasteiger partial charge in [0.2, 0.25) is 5.95 Å². The molecule has 2 amide bonds. The molecule has 2 aromatic rings. The summed E-state index contributed by atoms with van der Waals surface area (Å²) >= 11 is 0. The molecule has 0 spiro atoms. The number of urea groups is 1. The summed E-state index contributed by atoms with van der Waals surface area (Å²) in [6, 6.07) is 7.52. The third-order valence-corrected chi connectivity index (χ3v) is 2.91. The number of hydrogen-bond acceptors (Lipinski definition) is 3. The van der Waals surface area contributed by atoms with E-state index in [0.717, 1.165) is 11.0 Å². The van der Waals surface area contributed by atoms with Crippen LogP contribution in [-0.2, 0) is 4.74 Å². The number of aromatic amines is 1. The molecular weight excluding hydrogens is 232 g/mol. The van der Waals surface area contributed by atoms with E-state index in [-0.39, 0.29) is 6.03 Å². The normalized spacial score (nSPS) is 15.9. The minimum absolute atomic E-state index is 0.141. The fourth-order valence-corrected chi connectivity index (χ4v) is 1.96. The number of para-hydroxylation sites is 2. The lowest BCUT2D eigenvalue weighted by molar-refractivity contribution is 0.0564. The molecule has 18 heavy (non-hydrogen) atoms. The zero-order valence-corrected chi connectivity index (χ0v) is 9.85. The van der Waals surface area contributed by atoms with Crippen molar-refractivity contribution in [1.29, 1.82) is 0 Å². The minimum Gasteiger partial charge on any atom is -0.378 e. The maximum Gasteiger partial charge on any atom is 0.324 e.